The maximum atomic E-state index is 12.7. The van der Waals surface area contributed by atoms with Crippen molar-refractivity contribution in [1.82, 2.24) is 0 Å². The van der Waals surface area contributed by atoms with Crippen molar-refractivity contribution in [2.24, 2.45) is 0 Å². The highest BCUT2D eigenvalue weighted by Crippen LogP contribution is 2.38. The molecule has 0 aromatic carbocycles. The average molecular weight is 788 g/mol. The lowest BCUT2D eigenvalue weighted by atomic mass is 10.0. The number of carbonyl (C=O) groups is 2. The number of unbranched alkanes of at least 4 members (excludes halogenated alkanes) is 25. The fourth-order valence-electron chi connectivity index (χ4n) is 6.24. The standard InChI is InChI=1S/C44H86NO8P/c1-6-8-10-12-14-16-18-20-21-22-23-25-26-28-30-32-34-36-43(46)50-40-42(41-52-54(48,49)51-39-38-45(3,4)5)53-44(47)37-35-33-31-29-27-24-19-17-15-13-11-9-7-2/h16,18,42H,6-15,17,19-41H2,1-5H3/b18-16+/t42-/m1/s1. The Bertz CT molecular complexity index is 938. The summed E-state index contributed by atoms with van der Waals surface area (Å²) in [4.78, 5) is 37.5. The number of quaternary nitrogens is 1. The molecule has 0 aliphatic carbocycles. The highest BCUT2D eigenvalue weighted by Gasteiger charge is 2.21. The van der Waals surface area contributed by atoms with E-state index in [4.69, 9.17) is 18.5 Å². The van der Waals surface area contributed by atoms with Crippen LogP contribution in [0.15, 0.2) is 12.2 Å². The van der Waals surface area contributed by atoms with Crippen molar-refractivity contribution in [3.05, 3.63) is 12.2 Å². The van der Waals surface area contributed by atoms with Gasteiger partial charge in [0.1, 0.15) is 19.8 Å². The second kappa shape index (κ2) is 37.3. The van der Waals surface area contributed by atoms with Gasteiger partial charge >= 0.3 is 11.9 Å². The number of phosphoric acid groups is 1. The molecule has 0 spiro atoms. The molecule has 10 heteroatoms. The summed E-state index contributed by atoms with van der Waals surface area (Å²) in [6, 6.07) is 0. The third-order valence-corrected chi connectivity index (χ3v) is 10.7. The Morgan fingerprint density at radius 3 is 1.39 bits per heavy atom. The maximum absolute atomic E-state index is 12.7. The zero-order valence-corrected chi connectivity index (χ0v) is 36.8. The monoisotopic (exact) mass is 788 g/mol. The third kappa shape index (κ3) is 40.4. The van der Waals surface area contributed by atoms with E-state index in [1.54, 1.807) is 0 Å². The van der Waals surface area contributed by atoms with Crippen LogP contribution in [0.4, 0.5) is 0 Å². The van der Waals surface area contributed by atoms with Crippen molar-refractivity contribution in [3.63, 3.8) is 0 Å². The molecule has 0 heterocycles. The Kier molecular flexibility index (Phi) is 36.5. The zero-order valence-electron chi connectivity index (χ0n) is 35.9. The van der Waals surface area contributed by atoms with E-state index in [2.05, 4.69) is 26.0 Å². The van der Waals surface area contributed by atoms with E-state index in [1.165, 1.54) is 141 Å². The van der Waals surface area contributed by atoms with Crippen molar-refractivity contribution in [2.45, 2.75) is 213 Å². The molecule has 0 saturated carbocycles. The number of rotatable bonds is 41. The van der Waals surface area contributed by atoms with Gasteiger partial charge in [-0.15, -0.1) is 0 Å². The number of esters is 2. The Balaban J connectivity index is 4.30. The smallest absolute Gasteiger partial charge is 0.306 e. The van der Waals surface area contributed by atoms with Crippen molar-refractivity contribution >= 4 is 19.8 Å². The molecule has 54 heavy (non-hydrogen) atoms. The molecule has 0 aromatic heterocycles. The molecule has 0 aromatic rings. The third-order valence-electron chi connectivity index (χ3n) is 9.79. The van der Waals surface area contributed by atoms with Crippen LogP contribution >= 0.6 is 7.82 Å². The van der Waals surface area contributed by atoms with Gasteiger partial charge in [-0.25, -0.2) is 0 Å². The number of hydrogen-bond acceptors (Lipinski definition) is 8. The summed E-state index contributed by atoms with van der Waals surface area (Å²) in [7, 11) is 1.17. The Labute approximate surface area is 333 Å². The molecule has 1 unspecified atom stereocenters. The van der Waals surface area contributed by atoms with E-state index in [1.807, 2.05) is 21.1 Å². The molecule has 0 aliphatic heterocycles. The predicted molar refractivity (Wildman–Crippen MR) is 222 cm³/mol. The highest BCUT2D eigenvalue weighted by atomic mass is 31.2. The number of likely N-dealkylation sites (N-methyl/N-ethyl adjacent to an activating group) is 1. The molecular weight excluding hydrogens is 701 g/mol. The topological polar surface area (TPSA) is 111 Å². The van der Waals surface area contributed by atoms with Gasteiger partial charge in [0, 0.05) is 12.8 Å². The fourth-order valence-corrected chi connectivity index (χ4v) is 6.97. The lowest BCUT2D eigenvalue weighted by Crippen LogP contribution is -2.37. The molecule has 320 valence electrons. The summed E-state index contributed by atoms with van der Waals surface area (Å²) < 4.78 is 33.9. The van der Waals surface area contributed by atoms with Gasteiger partial charge in [-0.1, -0.05) is 167 Å². The molecule has 0 amide bonds. The van der Waals surface area contributed by atoms with Gasteiger partial charge in [0.25, 0.3) is 7.82 Å². The minimum absolute atomic E-state index is 0.0278. The van der Waals surface area contributed by atoms with Crippen molar-refractivity contribution in [2.75, 3.05) is 47.5 Å². The van der Waals surface area contributed by atoms with E-state index in [0.29, 0.717) is 17.4 Å². The molecular formula is C44H86NO8P. The number of nitrogens with zero attached hydrogens (tertiary/aromatic N) is 1. The molecule has 0 saturated heterocycles. The largest absolute Gasteiger partial charge is 0.756 e. The van der Waals surface area contributed by atoms with Crippen LogP contribution in [-0.2, 0) is 32.7 Å². The van der Waals surface area contributed by atoms with Crippen LogP contribution in [0, 0.1) is 0 Å². The van der Waals surface area contributed by atoms with Crippen LogP contribution < -0.4 is 4.89 Å². The molecule has 0 fully saturated rings. The summed E-state index contributed by atoms with van der Waals surface area (Å²) in [5.41, 5.74) is 0. The number of carbonyl (C=O) groups excluding carboxylic acids is 2. The predicted octanol–water partition coefficient (Wildman–Crippen LogP) is 11.9. The number of phosphoric ester groups is 1. The second-order valence-corrected chi connectivity index (χ2v) is 17.8. The Morgan fingerprint density at radius 2 is 0.944 bits per heavy atom. The van der Waals surface area contributed by atoms with Crippen LogP contribution in [0.5, 0.6) is 0 Å². The highest BCUT2D eigenvalue weighted by molar-refractivity contribution is 7.45. The van der Waals surface area contributed by atoms with E-state index < -0.39 is 26.5 Å². The summed E-state index contributed by atoms with van der Waals surface area (Å²) in [5.74, 6) is -0.827. The van der Waals surface area contributed by atoms with Gasteiger partial charge in [-0.05, 0) is 38.5 Å². The number of hydrogen-bond donors (Lipinski definition) is 0. The SMILES string of the molecule is CCCCCC/C=C/CCCCCCCCCCCC(=O)OC[C@H](COP(=O)([O-])OCC[N+](C)(C)C)OC(=O)CCCCCCCCCCCCCCC. The van der Waals surface area contributed by atoms with Crippen LogP contribution in [0.2, 0.25) is 0 Å². The molecule has 2 atom stereocenters. The van der Waals surface area contributed by atoms with Crippen LogP contribution in [-0.4, -0.2) is 70.0 Å². The quantitative estimate of drug-likeness (QED) is 0.0198. The second-order valence-electron chi connectivity index (χ2n) is 16.4. The van der Waals surface area contributed by atoms with Gasteiger partial charge in [0.05, 0.1) is 27.7 Å². The van der Waals surface area contributed by atoms with Gasteiger partial charge < -0.3 is 27.9 Å². The number of allylic oxidation sites excluding steroid dienone is 2. The molecule has 0 rings (SSSR count). The van der Waals surface area contributed by atoms with Crippen LogP contribution in [0.25, 0.3) is 0 Å². The molecule has 0 aliphatic rings. The first-order valence-electron chi connectivity index (χ1n) is 22.4. The molecule has 0 bridgehead atoms. The normalized spacial score (nSPS) is 13.7. The van der Waals surface area contributed by atoms with E-state index in [0.717, 1.165) is 32.1 Å². The zero-order chi connectivity index (χ0) is 40.0. The fraction of sp³-hybridized carbons (Fsp3) is 0.909. The molecule has 0 N–H and O–H groups in total. The lowest BCUT2D eigenvalue weighted by molar-refractivity contribution is -0.870. The first-order chi connectivity index (χ1) is 26.0. The Morgan fingerprint density at radius 1 is 0.556 bits per heavy atom. The van der Waals surface area contributed by atoms with Crippen molar-refractivity contribution < 1.29 is 42.1 Å². The molecule has 9 nitrogen and oxygen atoms in total. The van der Waals surface area contributed by atoms with Gasteiger partial charge in [0.2, 0.25) is 0 Å². The first kappa shape index (κ1) is 52.8. The van der Waals surface area contributed by atoms with Gasteiger partial charge in [-0.3, -0.25) is 14.2 Å². The van der Waals surface area contributed by atoms with Crippen LogP contribution in [0.1, 0.15) is 206 Å². The summed E-state index contributed by atoms with van der Waals surface area (Å²) in [5, 5.41) is 0. The van der Waals surface area contributed by atoms with E-state index in [9.17, 15) is 19.0 Å². The summed E-state index contributed by atoms with van der Waals surface area (Å²) >= 11 is 0. The maximum Gasteiger partial charge on any atom is 0.306 e. The van der Waals surface area contributed by atoms with Crippen molar-refractivity contribution in [1.29, 1.82) is 0 Å². The molecule has 0 radical (unpaired) electrons. The minimum Gasteiger partial charge on any atom is -0.756 e. The van der Waals surface area contributed by atoms with Crippen molar-refractivity contribution in [3.8, 4) is 0 Å². The Hall–Kier alpha value is -1.25. The number of ether oxygens (including phenoxy) is 2. The van der Waals surface area contributed by atoms with E-state index >= 15 is 0 Å². The minimum atomic E-state index is -4.62. The lowest BCUT2D eigenvalue weighted by Gasteiger charge is -2.28. The van der Waals surface area contributed by atoms with Gasteiger partial charge in [-0.2, -0.15) is 0 Å². The summed E-state index contributed by atoms with van der Waals surface area (Å²) in [6.07, 6.45) is 38.0. The van der Waals surface area contributed by atoms with E-state index in [-0.39, 0.29) is 32.0 Å². The van der Waals surface area contributed by atoms with Gasteiger partial charge in [0.15, 0.2) is 6.10 Å². The average Bonchev–Trinajstić information content (AvgIpc) is 3.12. The van der Waals surface area contributed by atoms with Crippen LogP contribution in [0.3, 0.4) is 0 Å². The summed E-state index contributed by atoms with van der Waals surface area (Å²) in [6.45, 7) is 4.23. The first-order valence-corrected chi connectivity index (χ1v) is 23.9.